The summed E-state index contributed by atoms with van der Waals surface area (Å²) in [4.78, 5) is 4.48. The van der Waals surface area contributed by atoms with Gasteiger partial charge in [0.2, 0.25) is 0 Å². The summed E-state index contributed by atoms with van der Waals surface area (Å²) in [7, 11) is 0. The van der Waals surface area contributed by atoms with Crippen LogP contribution >= 0.6 is 0 Å². The van der Waals surface area contributed by atoms with E-state index in [9.17, 15) is 5.11 Å². The quantitative estimate of drug-likeness (QED) is 0.888. The lowest BCUT2D eigenvalue weighted by Gasteiger charge is -2.40. The standard InChI is InChI=1S/C16H25NO/c1-4-14-5-6-15(17-11-14)10-16(18)8-7-12(2)9-13(16)3/h5-6,11-13,18H,4,7-10H2,1-3H3. The Labute approximate surface area is 110 Å². The predicted molar refractivity (Wildman–Crippen MR) is 74.4 cm³/mol. The summed E-state index contributed by atoms with van der Waals surface area (Å²) in [6.45, 7) is 6.59. The van der Waals surface area contributed by atoms with Crippen molar-refractivity contribution in [3.63, 3.8) is 0 Å². The topological polar surface area (TPSA) is 33.1 Å². The third kappa shape index (κ3) is 2.92. The minimum Gasteiger partial charge on any atom is -0.389 e. The van der Waals surface area contributed by atoms with Gasteiger partial charge in [0.25, 0.3) is 0 Å². The van der Waals surface area contributed by atoms with Gasteiger partial charge in [-0.2, -0.15) is 0 Å². The van der Waals surface area contributed by atoms with Gasteiger partial charge in [-0.1, -0.05) is 26.8 Å². The zero-order valence-electron chi connectivity index (χ0n) is 11.8. The van der Waals surface area contributed by atoms with Gasteiger partial charge in [0.15, 0.2) is 0 Å². The van der Waals surface area contributed by atoms with Gasteiger partial charge in [-0.3, -0.25) is 4.98 Å². The molecule has 0 aliphatic heterocycles. The van der Waals surface area contributed by atoms with Crippen LogP contribution in [0.25, 0.3) is 0 Å². The lowest BCUT2D eigenvalue weighted by Crippen LogP contribution is -2.43. The fraction of sp³-hybridized carbons (Fsp3) is 0.688. The molecule has 1 heterocycles. The molecule has 0 amide bonds. The summed E-state index contributed by atoms with van der Waals surface area (Å²) in [6, 6.07) is 4.20. The van der Waals surface area contributed by atoms with Crippen LogP contribution < -0.4 is 0 Å². The molecule has 0 spiro atoms. The molecule has 100 valence electrons. The molecule has 2 nitrogen and oxygen atoms in total. The molecule has 1 aliphatic rings. The Morgan fingerprint density at radius 2 is 2.17 bits per heavy atom. The minimum absolute atomic E-state index is 0.369. The summed E-state index contributed by atoms with van der Waals surface area (Å²) in [5.74, 6) is 1.12. The number of hydrogen-bond acceptors (Lipinski definition) is 2. The average Bonchev–Trinajstić information content (AvgIpc) is 2.36. The second kappa shape index (κ2) is 5.40. The Morgan fingerprint density at radius 3 is 2.72 bits per heavy atom. The first-order valence-electron chi connectivity index (χ1n) is 7.19. The zero-order chi connectivity index (χ0) is 13.2. The number of nitrogens with zero attached hydrogens (tertiary/aromatic N) is 1. The molecule has 1 fully saturated rings. The number of pyridine rings is 1. The van der Waals surface area contributed by atoms with Gasteiger partial charge in [-0.15, -0.1) is 0 Å². The van der Waals surface area contributed by atoms with Crippen LogP contribution in [0.15, 0.2) is 18.3 Å². The molecule has 0 aromatic carbocycles. The van der Waals surface area contributed by atoms with E-state index in [2.05, 4.69) is 37.9 Å². The first kappa shape index (κ1) is 13.5. The predicted octanol–water partition coefficient (Wildman–Crippen LogP) is 3.37. The Kier molecular flexibility index (Phi) is 4.06. The Hall–Kier alpha value is -0.890. The van der Waals surface area contributed by atoms with Crippen molar-refractivity contribution in [3.05, 3.63) is 29.6 Å². The summed E-state index contributed by atoms with van der Waals surface area (Å²) in [5.41, 5.74) is 1.74. The van der Waals surface area contributed by atoms with Crippen molar-refractivity contribution in [2.45, 2.75) is 58.5 Å². The molecular formula is C16H25NO. The SMILES string of the molecule is CCc1ccc(CC2(O)CCC(C)CC2C)nc1. The maximum absolute atomic E-state index is 10.8. The van der Waals surface area contributed by atoms with E-state index in [1.165, 1.54) is 5.56 Å². The van der Waals surface area contributed by atoms with Crippen molar-refractivity contribution < 1.29 is 5.11 Å². The number of rotatable bonds is 3. The second-order valence-electron chi connectivity index (χ2n) is 6.07. The molecule has 2 rings (SSSR count). The van der Waals surface area contributed by atoms with E-state index in [1.807, 2.05) is 6.20 Å². The molecule has 1 aromatic rings. The van der Waals surface area contributed by atoms with E-state index in [-0.39, 0.29) is 0 Å². The van der Waals surface area contributed by atoms with Crippen LogP contribution in [-0.2, 0) is 12.8 Å². The molecule has 1 aliphatic carbocycles. The molecule has 18 heavy (non-hydrogen) atoms. The van der Waals surface area contributed by atoms with Gasteiger partial charge >= 0.3 is 0 Å². The molecule has 2 heteroatoms. The molecule has 0 bridgehead atoms. The molecule has 0 radical (unpaired) electrons. The van der Waals surface area contributed by atoms with Gasteiger partial charge in [0, 0.05) is 18.3 Å². The van der Waals surface area contributed by atoms with Crippen LogP contribution in [0.1, 0.15) is 51.3 Å². The van der Waals surface area contributed by atoms with Crippen molar-refractivity contribution in [1.29, 1.82) is 0 Å². The van der Waals surface area contributed by atoms with E-state index >= 15 is 0 Å². The van der Waals surface area contributed by atoms with Crippen LogP contribution in [0.5, 0.6) is 0 Å². The molecule has 1 aromatic heterocycles. The van der Waals surface area contributed by atoms with E-state index < -0.39 is 5.60 Å². The first-order chi connectivity index (χ1) is 8.53. The van der Waals surface area contributed by atoms with Gasteiger partial charge in [0.1, 0.15) is 0 Å². The highest BCUT2D eigenvalue weighted by Crippen LogP contribution is 2.38. The third-order valence-corrected chi connectivity index (χ3v) is 4.52. The summed E-state index contributed by atoms with van der Waals surface area (Å²) < 4.78 is 0. The Bertz CT molecular complexity index is 387. The van der Waals surface area contributed by atoms with Crippen LogP contribution in [0.4, 0.5) is 0 Å². The van der Waals surface area contributed by atoms with Gasteiger partial charge in [-0.25, -0.2) is 0 Å². The maximum atomic E-state index is 10.8. The third-order valence-electron chi connectivity index (χ3n) is 4.52. The van der Waals surface area contributed by atoms with Gasteiger partial charge < -0.3 is 5.11 Å². The van der Waals surface area contributed by atoms with Gasteiger partial charge in [0.05, 0.1) is 5.60 Å². The van der Waals surface area contributed by atoms with Crippen molar-refractivity contribution in [2.24, 2.45) is 11.8 Å². The summed E-state index contributed by atoms with van der Waals surface area (Å²) in [6.07, 6.45) is 6.83. The van der Waals surface area contributed by atoms with Crippen molar-refractivity contribution in [3.8, 4) is 0 Å². The molecule has 1 N–H and O–H groups in total. The number of aromatic nitrogens is 1. The molecule has 3 atom stereocenters. The monoisotopic (exact) mass is 247 g/mol. The highest BCUT2D eigenvalue weighted by Gasteiger charge is 2.38. The fourth-order valence-electron chi connectivity index (χ4n) is 3.03. The van der Waals surface area contributed by atoms with E-state index in [1.54, 1.807) is 0 Å². The lowest BCUT2D eigenvalue weighted by atomic mass is 9.70. The molecule has 0 saturated heterocycles. The lowest BCUT2D eigenvalue weighted by molar-refractivity contribution is -0.0528. The van der Waals surface area contributed by atoms with Crippen molar-refractivity contribution in [1.82, 2.24) is 4.98 Å². The van der Waals surface area contributed by atoms with Crippen LogP contribution in [0.2, 0.25) is 0 Å². The maximum Gasteiger partial charge on any atom is 0.0728 e. The van der Waals surface area contributed by atoms with Crippen LogP contribution in [0, 0.1) is 11.8 Å². The second-order valence-corrected chi connectivity index (χ2v) is 6.07. The first-order valence-corrected chi connectivity index (χ1v) is 7.19. The number of aryl methyl sites for hydroxylation is 1. The average molecular weight is 247 g/mol. The molecular weight excluding hydrogens is 222 g/mol. The van der Waals surface area contributed by atoms with E-state index in [0.29, 0.717) is 12.3 Å². The number of aliphatic hydroxyl groups is 1. The highest BCUT2D eigenvalue weighted by molar-refractivity contribution is 5.16. The molecule has 3 unspecified atom stereocenters. The summed E-state index contributed by atoms with van der Waals surface area (Å²) >= 11 is 0. The number of hydrogen-bond donors (Lipinski definition) is 1. The Morgan fingerprint density at radius 1 is 1.39 bits per heavy atom. The smallest absolute Gasteiger partial charge is 0.0728 e. The van der Waals surface area contributed by atoms with Crippen molar-refractivity contribution >= 4 is 0 Å². The van der Waals surface area contributed by atoms with E-state index in [4.69, 9.17) is 0 Å². The molecule has 1 saturated carbocycles. The Balaban J connectivity index is 2.07. The normalized spacial score (nSPS) is 32.4. The highest BCUT2D eigenvalue weighted by atomic mass is 16.3. The van der Waals surface area contributed by atoms with Crippen LogP contribution in [-0.4, -0.2) is 15.7 Å². The minimum atomic E-state index is -0.548. The van der Waals surface area contributed by atoms with E-state index in [0.717, 1.165) is 37.3 Å². The zero-order valence-corrected chi connectivity index (χ0v) is 11.8. The summed E-state index contributed by atoms with van der Waals surface area (Å²) in [5, 5.41) is 10.8. The van der Waals surface area contributed by atoms with Crippen LogP contribution in [0.3, 0.4) is 0 Å². The largest absolute Gasteiger partial charge is 0.389 e. The fourth-order valence-corrected chi connectivity index (χ4v) is 3.03. The van der Waals surface area contributed by atoms with Crippen molar-refractivity contribution in [2.75, 3.05) is 0 Å². The van der Waals surface area contributed by atoms with Gasteiger partial charge in [-0.05, 0) is 49.1 Å².